The lowest BCUT2D eigenvalue weighted by atomic mass is 10.1. The van der Waals surface area contributed by atoms with Crippen LogP contribution in [0.5, 0.6) is 0 Å². The summed E-state index contributed by atoms with van der Waals surface area (Å²) >= 11 is 1.19. The number of hydrogen-bond donors (Lipinski definition) is 1. The number of carbonyl (C=O) groups is 2. The van der Waals surface area contributed by atoms with Gasteiger partial charge in [-0.3, -0.25) is 4.79 Å². The molecule has 1 amide bonds. The van der Waals surface area contributed by atoms with Gasteiger partial charge in [0.05, 0.1) is 0 Å². The molecular weight excluding hydrogens is 372 g/mol. The Morgan fingerprint density at radius 1 is 0.963 bits per heavy atom. The molecule has 138 valence electrons. The monoisotopic (exact) mass is 387 g/mol. The van der Waals surface area contributed by atoms with Crippen molar-refractivity contribution in [1.29, 1.82) is 0 Å². The van der Waals surface area contributed by atoms with Gasteiger partial charge in [-0.25, -0.2) is 13.6 Å². The molecule has 0 aliphatic rings. The zero-order valence-corrected chi connectivity index (χ0v) is 14.8. The fourth-order valence-electron chi connectivity index (χ4n) is 2.35. The van der Waals surface area contributed by atoms with Gasteiger partial charge in [0.25, 0.3) is 5.91 Å². The highest BCUT2D eigenvalue weighted by Crippen LogP contribution is 2.22. The molecule has 0 fully saturated rings. The lowest BCUT2D eigenvalue weighted by Gasteiger charge is -2.18. The number of halogens is 2. The van der Waals surface area contributed by atoms with E-state index in [0.29, 0.717) is 16.0 Å². The van der Waals surface area contributed by atoms with E-state index in [4.69, 9.17) is 4.74 Å². The van der Waals surface area contributed by atoms with Crippen LogP contribution in [0.25, 0.3) is 0 Å². The number of rotatable bonds is 6. The first-order valence-corrected chi connectivity index (χ1v) is 8.93. The van der Waals surface area contributed by atoms with Crippen LogP contribution in [0.15, 0.2) is 66.0 Å². The van der Waals surface area contributed by atoms with E-state index < -0.39 is 23.8 Å². The summed E-state index contributed by atoms with van der Waals surface area (Å²) in [6, 6.07) is 14.1. The molecule has 0 spiro atoms. The first kappa shape index (κ1) is 18.7. The molecule has 3 aromatic rings. The third-order valence-corrected chi connectivity index (χ3v) is 4.59. The van der Waals surface area contributed by atoms with Crippen molar-refractivity contribution in [2.24, 2.45) is 0 Å². The highest BCUT2D eigenvalue weighted by atomic mass is 32.1. The number of benzene rings is 2. The standard InChI is InChI=1S/C20H15F2NO3S/c21-15-7-3-13(4-8-15)12-23-19(24)18(14-5-9-16(22)10-6-14)26-20(25)17-2-1-11-27-17/h1-11,18H,12H2,(H,23,24). The highest BCUT2D eigenvalue weighted by Gasteiger charge is 2.26. The summed E-state index contributed by atoms with van der Waals surface area (Å²) < 4.78 is 31.5. The van der Waals surface area contributed by atoms with Crippen LogP contribution in [0.3, 0.4) is 0 Å². The topological polar surface area (TPSA) is 55.4 Å². The number of amides is 1. The van der Waals surface area contributed by atoms with Crippen molar-refractivity contribution in [3.63, 3.8) is 0 Å². The minimum absolute atomic E-state index is 0.132. The number of nitrogens with one attached hydrogen (secondary N) is 1. The van der Waals surface area contributed by atoms with Crippen molar-refractivity contribution in [3.8, 4) is 0 Å². The maximum absolute atomic E-state index is 13.2. The van der Waals surface area contributed by atoms with Crippen LogP contribution in [0.1, 0.15) is 26.9 Å². The molecule has 1 N–H and O–H groups in total. The van der Waals surface area contributed by atoms with Gasteiger partial charge in [-0.2, -0.15) is 0 Å². The van der Waals surface area contributed by atoms with E-state index in [-0.39, 0.29) is 12.4 Å². The van der Waals surface area contributed by atoms with Crippen LogP contribution in [0, 0.1) is 11.6 Å². The Labute approximate surface area is 158 Å². The predicted molar refractivity (Wildman–Crippen MR) is 97.1 cm³/mol. The van der Waals surface area contributed by atoms with E-state index >= 15 is 0 Å². The average Bonchev–Trinajstić information content (AvgIpc) is 3.21. The third-order valence-electron chi connectivity index (χ3n) is 3.74. The van der Waals surface area contributed by atoms with Crippen molar-refractivity contribution in [3.05, 3.63) is 93.7 Å². The minimum atomic E-state index is -1.24. The van der Waals surface area contributed by atoms with Crippen molar-refractivity contribution in [2.45, 2.75) is 12.6 Å². The second-order valence-electron chi connectivity index (χ2n) is 5.66. The summed E-state index contributed by atoms with van der Waals surface area (Å²) in [6.45, 7) is 0.132. The molecule has 0 radical (unpaired) electrons. The molecule has 0 aliphatic heterocycles. The summed E-state index contributed by atoms with van der Waals surface area (Å²) in [7, 11) is 0. The molecule has 0 bridgehead atoms. The zero-order valence-electron chi connectivity index (χ0n) is 14.0. The van der Waals surface area contributed by atoms with E-state index in [0.717, 1.165) is 0 Å². The first-order valence-electron chi connectivity index (χ1n) is 8.05. The van der Waals surface area contributed by atoms with Gasteiger partial charge < -0.3 is 10.1 Å². The van der Waals surface area contributed by atoms with Gasteiger partial charge in [0, 0.05) is 12.1 Å². The Bertz CT molecular complexity index is 909. The largest absolute Gasteiger partial charge is 0.443 e. The molecule has 0 aliphatic carbocycles. The molecule has 1 heterocycles. The summed E-state index contributed by atoms with van der Waals surface area (Å²) in [5, 5.41) is 4.37. The minimum Gasteiger partial charge on any atom is -0.443 e. The van der Waals surface area contributed by atoms with Crippen LogP contribution in [0.4, 0.5) is 8.78 Å². The van der Waals surface area contributed by atoms with Gasteiger partial charge in [0.1, 0.15) is 16.5 Å². The summed E-state index contributed by atoms with van der Waals surface area (Å²) in [5.74, 6) is -2.04. The fourth-order valence-corrected chi connectivity index (χ4v) is 2.96. The fraction of sp³-hybridized carbons (Fsp3) is 0.100. The van der Waals surface area contributed by atoms with Crippen LogP contribution < -0.4 is 5.32 Å². The number of ether oxygens (including phenoxy) is 1. The highest BCUT2D eigenvalue weighted by molar-refractivity contribution is 7.11. The smallest absolute Gasteiger partial charge is 0.349 e. The van der Waals surface area contributed by atoms with Crippen molar-refractivity contribution >= 4 is 23.2 Å². The van der Waals surface area contributed by atoms with E-state index in [2.05, 4.69) is 5.32 Å². The summed E-state index contributed by atoms with van der Waals surface area (Å²) in [6.07, 6.45) is -1.24. The van der Waals surface area contributed by atoms with Crippen LogP contribution >= 0.6 is 11.3 Å². The Hall–Kier alpha value is -3.06. The molecule has 1 unspecified atom stereocenters. The van der Waals surface area contributed by atoms with Gasteiger partial charge in [-0.05, 0) is 41.3 Å². The molecule has 1 atom stereocenters. The predicted octanol–water partition coefficient (Wildman–Crippen LogP) is 4.24. The Morgan fingerprint density at radius 2 is 1.59 bits per heavy atom. The first-order chi connectivity index (χ1) is 13.0. The van der Waals surface area contributed by atoms with Crippen LogP contribution in [0.2, 0.25) is 0 Å². The van der Waals surface area contributed by atoms with Gasteiger partial charge in [-0.15, -0.1) is 11.3 Å². The zero-order chi connectivity index (χ0) is 19.2. The number of carbonyl (C=O) groups excluding carboxylic acids is 2. The summed E-state index contributed by atoms with van der Waals surface area (Å²) in [4.78, 5) is 25.2. The van der Waals surface area contributed by atoms with E-state index in [1.54, 1.807) is 29.6 Å². The second kappa shape index (κ2) is 8.55. The molecule has 0 saturated heterocycles. The number of thiophene rings is 1. The molecule has 2 aromatic carbocycles. The SMILES string of the molecule is O=C(OC(C(=O)NCc1ccc(F)cc1)c1ccc(F)cc1)c1cccs1. The Balaban J connectivity index is 1.75. The van der Waals surface area contributed by atoms with Gasteiger partial charge in [0.2, 0.25) is 6.10 Å². The molecule has 4 nitrogen and oxygen atoms in total. The van der Waals surface area contributed by atoms with Crippen molar-refractivity contribution in [2.75, 3.05) is 0 Å². The quantitative estimate of drug-likeness (QED) is 0.644. The van der Waals surface area contributed by atoms with Gasteiger partial charge in [0.15, 0.2) is 0 Å². The normalized spacial score (nSPS) is 11.6. The maximum Gasteiger partial charge on any atom is 0.349 e. The lowest BCUT2D eigenvalue weighted by Crippen LogP contribution is -2.31. The lowest BCUT2D eigenvalue weighted by molar-refractivity contribution is -0.130. The Morgan fingerprint density at radius 3 is 2.19 bits per heavy atom. The second-order valence-corrected chi connectivity index (χ2v) is 6.61. The molecule has 0 saturated carbocycles. The van der Waals surface area contributed by atoms with Crippen LogP contribution in [-0.2, 0) is 16.1 Å². The molecule has 3 rings (SSSR count). The van der Waals surface area contributed by atoms with Gasteiger partial charge in [-0.1, -0.05) is 30.3 Å². The average molecular weight is 387 g/mol. The van der Waals surface area contributed by atoms with E-state index in [1.165, 1.54) is 47.7 Å². The molecule has 7 heteroatoms. The third kappa shape index (κ3) is 4.98. The van der Waals surface area contributed by atoms with E-state index in [1.807, 2.05) is 0 Å². The maximum atomic E-state index is 13.2. The molecule has 27 heavy (non-hydrogen) atoms. The molecular formula is C20H15F2NO3S. The number of hydrogen-bond acceptors (Lipinski definition) is 4. The van der Waals surface area contributed by atoms with Crippen molar-refractivity contribution < 1.29 is 23.1 Å². The molecule has 1 aromatic heterocycles. The van der Waals surface area contributed by atoms with Gasteiger partial charge >= 0.3 is 5.97 Å². The van der Waals surface area contributed by atoms with Crippen LogP contribution in [-0.4, -0.2) is 11.9 Å². The van der Waals surface area contributed by atoms with Crippen molar-refractivity contribution in [1.82, 2.24) is 5.32 Å². The number of esters is 1. The summed E-state index contributed by atoms with van der Waals surface area (Å²) in [5.41, 5.74) is 1.03. The van der Waals surface area contributed by atoms with E-state index in [9.17, 15) is 18.4 Å². The Kier molecular flexibility index (Phi) is 5.93.